The van der Waals surface area contributed by atoms with Crippen molar-refractivity contribution in [2.75, 3.05) is 0 Å². The van der Waals surface area contributed by atoms with Gasteiger partial charge in [0.25, 0.3) is 0 Å². The predicted molar refractivity (Wildman–Crippen MR) is 97.4 cm³/mol. The van der Waals surface area contributed by atoms with E-state index in [1.807, 2.05) is 24.4 Å². The van der Waals surface area contributed by atoms with Crippen molar-refractivity contribution < 1.29 is 9.59 Å². The number of nitrogens with two attached hydrogens (primary N) is 1. The van der Waals surface area contributed by atoms with Crippen LogP contribution in [0.5, 0.6) is 0 Å². The molecular weight excluding hydrogens is 369 g/mol. The van der Waals surface area contributed by atoms with Crippen molar-refractivity contribution in [2.45, 2.75) is 25.4 Å². The van der Waals surface area contributed by atoms with Gasteiger partial charge in [0.05, 0.1) is 28.5 Å². The minimum absolute atomic E-state index is 0.0924. The van der Waals surface area contributed by atoms with Crippen molar-refractivity contribution in [1.82, 2.24) is 10.6 Å². The normalized spacial score (nSPS) is 13.1. The zero-order chi connectivity index (χ0) is 17.7. The first-order chi connectivity index (χ1) is 11.4. The molecule has 0 aliphatic rings. The Balaban J connectivity index is 2.02. The zero-order valence-corrected chi connectivity index (χ0v) is 15.2. The first kappa shape index (κ1) is 18.6. The van der Waals surface area contributed by atoms with Gasteiger partial charge in [0.2, 0.25) is 5.91 Å². The average Bonchev–Trinajstić information content (AvgIpc) is 3.03. The summed E-state index contributed by atoms with van der Waals surface area (Å²) >= 11 is 13.3. The third kappa shape index (κ3) is 5.12. The average molecular weight is 386 g/mol. The van der Waals surface area contributed by atoms with E-state index in [9.17, 15) is 9.59 Å². The molecule has 4 N–H and O–H groups in total. The molecule has 128 valence electrons. The number of benzene rings is 1. The fourth-order valence-corrected chi connectivity index (χ4v) is 3.32. The summed E-state index contributed by atoms with van der Waals surface area (Å²) in [6.45, 7) is 1.85. The van der Waals surface area contributed by atoms with Gasteiger partial charge in [-0.25, -0.2) is 4.79 Å². The van der Waals surface area contributed by atoms with Crippen LogP contribution < -0.4 is 16.4 Å². The van der Waals surface area contributed by atoms with Crippen molar-refractivity contribution >= 4 is 46.5 Å². The molecule has 5 nitrogen and oxygen atoms in total. The molecule has 0 aliphatic carbocycles. The first-order valence-corrected chi connectivity index (χ1v) is 8.84. The van der Waals surface area contributed by atoms with Gasteiger partial charge in [0.15, 0.2) is 0 Å². The maximum absolute atomic E-state index is 12.3. The highest BCUT2D eigenvalue weighted by atomic mass is 35.5. The number of carbonyl (C=O) groups excluding carboxylic acids is 2. The molecule has 0 aliphatic heterocycles. The predicted octanol–water partition coefficient (Wildman–Crippen LogP) is 4.03. The largest absolute Gasteiger partial charge is 0.352 e. The monoisotopic (exact) mass is 385 g/mol. The summed E-state index contributed by atoms with van der Waals surface area (Å²) in [5.74, 6) is -0.208. The van der Waals surface area contributed by atoms with Crippen LogP contribution in [0.25, 0.3) is 0 Å². The molecule has 1 aromatic carbocycles. The summed E-state index contributed by atoms with van der Waals surface area (Å²) in [5.41, 5.74) is 6.03. The molecule has 2 unspecified atom stereocenters. The SMILES string of the molecule is CC(NC(=O)CC(NC(N)=O)c1cccs1)c1ccc(Cl)c(Cl)c1. The Morgan fingerprint density at radius 3 is 2.54 bits per heavy atom. The van der Waals surface area contributed by atoms with Crippen molar-refractivity contribution in [3.63, 3.8) is 0 Å². The van der Waals surface area contributed by atoms with E-state index < -0.39 is 12.1 Å². The van der Waals surface area contributed by atoms with E-state index in [2.05, 4.69) is 10.6 Å². The van der Waals surface area contributed by atoms with Crippen LogP contribution in [0.15, 0.2) is 35.7 Å². The number of urea groups is 1. The summed E-state index contributed by atoms with van der Waals surface area (Å²) in [4.78, 5) is 24.3. The molecule has 0 fully saturated rings. The molecule has 1 aromatic heterocycles. The molecule has 1 heterocycles. The Morgan fingerprint density at radius 2 is 1.96 bits per heavy atom. The quantitative estimate of drug-likeness (QED) is 0.700. The molecule has 2 rings (SSSR count). The minimum Gasteiger partial charge on any atom is -0.352 e. The van der Waals surface area contributed by atoms with Crippen LogP contribution in [0.4, 0.5) is 4.79 Å². The molecule has 0 bridgehead atoms. The number of amides is 3. The van der Waals surface area contributed by atoms with E-state index in [0.29, 0.717) is 10.0 Å². The molecule has 0 saturated heterocycles. The van der Waals surface area contributed by atoms with Crippen LogP contribution in [0, 0.1) is 0 Å². The summed E-state index contributed by atoms with van der Waals surface area (Å²) in [5, 5.41) is 8.24. The minimum atomic E-state index is -0.668. The van der Waals surface area contributed by atoms with E-state index in [1.165, 1.54) is 11.3 Å². The topological polar surface area (TPSA) is 84.2 Å². The Bertz CT molecular complexity index is 722. The molecule has 0 saturated carbocycles. The van der Waals surface area contributed by atoms with Crippen molar-refractivity contribution in [3.05, 3.63) is 56.2 Å². The van der Waals surface area contributed by atoms with Gasteiger partial charge in [-0.15, -0.1) is 11.3 Å². The lowest BCUT2D eigenvalue weighted by Crippen LogP contribution is -2.36. The molecule has 8 heteroatoms. The fraction of sp³-hybridized carbons (Fsp3) is 0.250. The summed E-state index contributed by atoms with van der Waals surface area (Å²) in [6.07, 6.45) is 0.0924. The van der Waals surface area contributed by atoms with Crippen molar-refractivity contribution in [2.24, 2.45) is 5.73 Å². The van der Waals surface area contributed by atoms with Crippen LogP contribution in [0.3, 0.4) is 0 Å². The number of thiophene rings is 1. The number of hydrogen-bond donors (Lipinski definition) is 3. The maximum atomic E-state index is 12.3. The molecule has 0 radical (unpaired) electrons. The number of halogens is 2. The van der Waals surface area contributed by atoms with Crippen LogP contribution in [-0.2, 0) is 4.79 Å². The summed E-state index contributed by atoms with van der Waals surface area (Å²) in [6, 6.07) is 7.54. The second-order valence-electron chi connectivity index (χ2n) is 5.24. The lowest BCUT2D eigenvalue weighted by molar-refractivity contribution is -0.122. The third-order valence-electron chi connectivity index (χ3n) is 3.41. The van der Waals surface area contributed by atoms with Crippen molar-refractivity contribution in [1.29, 1.82) is 0 Å². The Hall–Kier alpha value is -1.76. The lowest BCUT2D eigenvalue weighted by atomic mass is 10.1. The van der Waals surface area contributed by atoms with Gasteiger partial charge in [-0.3, -0.25) is 4.79 Å². The summed E-state index contributed by atoms with van der Waals surface area (Å²) in [7, 11) is 0. The smallest absolute Gasteiger partial charge is 0.312 e. The first-order valence-electron chi connectivity index (χ1n) is 7.20. The number of nitrogens with one attached hydrogen (secondary N) is 2. The van der Waals surface area contributed by atoms with Crippen LogP contribution >= 0.6 is 34.5 Å². The van der Waals surface area contributed by atoms with Gasteiger partial charge in [-0.2, -0.15) is 0 Å². The van der Waals surface area contributed by atoms with Crippen LogP contribution in [0.2, 0.25) is 10.0 Å². The van der Waals surface area contributed by atoms with Gasteiger partial charge in [0, 0.05) is 4.88 Å². The maximum Gasteiger partial charge on any atom is 0.312 e. The van der Waals surface area contributed by atoms with E-state index >= 15 is 0 Å². The van der Waals surface area contributed by atoms with E-state index in [0.717, 1.165) is 10.4 Å². The third-order valence-corrected chi connectivity index (χ3v) is 5.14. The zero-order valence-electron chi connectivity index (χ0n) is 12.9. The number of rotatable bonds is 6. The van der Waals surface area contributed by atoms with E-state index in [-0.39, 0.29) is 18.4 Å². The second kappa shape index (κ2) is 8.37. The summed E-state index contributed by atoms with van der Waals surface area (Å²) < 4.78 is 0. The van der Waals surface area contributed by atoms with Gasteiger partial charge < -0.3 is 16.4 Å². The van der Waals surface area contributed by atoms with Gasteiger partial charge in [-0.05, 0) is 36.1 Å². The molecule has 0 spiro atoms. The van der Waals surface area contributed by atoms with Crippen LogP contribution in [-0.4, -0.2) is 11.9 Å². The molecule has 2 aromatic rings. The number of hydrogen-bond acceptors (Lipinski definition) is 3. The number of carbonyl (C=O) groups is 2. The molecule has 24 heavy (non-hydrogen) atoms. The highest BCUT2D eigenvalue weighted by molar-refractivity contribution is 7.10. The van der Waals surface area contributed by atoms with E-state index in [1.54, 1.807) is 18.2 Å². The van der Waals surface area contributed by atoms with Gasteiger partial charge in [-0.1, -0.05) is 35.3 Å². The van der Waals surface area contributed by atoms with Crippen LogP contribution in [0.1, 0.15) is 35.9 Å². The number of primary amides is 1. The molecule has 2 atom stereocenters. The molecule has 3 amide bonds. The Kier molecular flexibility index (Phi) is 6.48. The van der Waals surface area contributed by atoms with Crippen molar-refractivity contribution in [3.8, 4) is 0 Å². The lowest BCUT2D eigenvalue weighted by Gasteiger charge is -2.19. The standard InChI is InChI=1S/C16H17Cl2N3O2S/c1-9(10-4-5-11(17)12(18)7-10)20-15(22)8-13(21-16(19)23)14-3-2-6-24-14/h2-7,9,13H,8H2,1H3,(H,20,22)(H3,19,21,23). The fourth-order valence-electron chi connectivity index (χ4n) is 2.23. The molecular formula is C16H17Cl2N3O2S. The second-order valence-corrected chi connectivity index (χ2v) is 7.04. The highest BCUT2D eigenvalue weighted by Crippen LogP contribution is 2.26. The van der Waals surface area contributed by atoms with E-state index in [4.69, 9.17) is 28.9 Å². The Labute approximate surface area is 154 Å². The van der Waals surface area contributed by atoms with Gasteiger partial charge >= 0.3 is 6.03 Å². The van der Waals surface area contributed by atoms with Gasteiger partial charge in [0.1, 0.15) is 0 Å². The highest BCUT2D eigenvalue weighted by Gasteiger charge is 2.20. The Morgan fingerprint density at radius 1 is 1.21 bits per heavy atom.